The van der Waals surface area contributed by atoms with E-state index < -0.39 is 5.54 Å². The zero-order chi connectivity index (χ0) is 12.3. The largest absolute Gasteiger partial charge is 0.336 e. The maximum atomic E-state index is 11.8. The van der Waals surface area contributed by atoms with E-state index in [9.17, 15) is 4.79 Å². The molecule has 1 aromatic heterocycles. The summed E-state index contributed by atoms with van der Waals surface area (Å²) in [5, 5.41) is 2.82. The van der Waals surface area contributed by atoms with Crippen molar-refractivity contribution in [2.45, 2.75) is 19.4 Å². The maximum absolute atomic E-state index is 11.8. The number of halogens is 2. The van der Waals surface area contributed by atoms with Gasteiger partial charge in [-0.15, -0.1) is 6.42 Å². The lowest BCUT2D eigenvalue weighted by molar-refractivity contribution is 0.0929. The molecular weight excluding hydrogens is 291 g/mol. The molecule has 1 amide bonds. The van der Waals surface area contributed by atoms with E-state index in [1.807, 2.05) is 0 Å². The molecule has 1 aromatic rings. The van der Waals surface area contributed by atoms with Crippen LogP contribution in [0.25, 0.3) is 0 Å². The molecule has 5 heteroatoms. The van der Waals surface area contributed by atoms with Crippen LogP contribution in [0.3, 0.4) is 0 Å². The lowest BCUT2D eigenvalue weighted by atomic mass is 10.1. The molecule has 0 spiro atoms. The average Bonchev–Trinajstić information content (AvgIpc) is 2.21. The van der Waals surface area contributed by atoms with E-state index in [1.54, 1.807) is 19.9 Å². The molecule has 0 fully saturated rings. The summed E-state index contributed by atoms with van der Waals surface area (Å²) in [6, 6.07) is 1.59. The highest BCUT2D eigenvalue weighted by molar-refractivity contribution is 9.10. The number of carbonyl (C=O) groups is 1. The minimum atomic E-state index is -0.720. The van der Waals surface area contributed by atoms with Gasteiger partial charge in [0.15, 0.2) is 0 Å². The van der Waals surface area contributed by atoms with Crippen LogP contribution in [0.15, 0.2) is 16.7 Å². The zero-order valence-corrected chi connectivity index (χ0v) is 11.2. The number of terminal acetylenes is 1. The number of nitrogens with one attached hydrogen (secondary N) is 1. The normalized spacial score (nSPS) is 10.7. The van der Waals surface area contributed by atoms with Gasteiger partial charge in [0.1, 0.15) is 5.15 Å². The second-order valence-corrected chi connectivity index (χ2v) is 4.99. The number of nitrogens with zero attached hydrogens (tertiary/aromatic N) is 1. The molecule has 16 heavy (non-hydrogen) atoms. The molecule has 0 radical (unpaired) electrons. The van der Waals surface area contributed by atoms with Crippen LogP contribution < -0.4 is 5.32 Å². The predicted octanol–water partition coefficient (Wildman–Crippen LogP) is 2.64. The van der Waals surface area contributed by atoms with Gasteiger partial charge in [0.25, 0.3) is 5.91 Å². The second kappa shape index (κ2) is 4.86. The maximum Gasteiger partial charge on any atom is 0.255 e. The molecule has 0 bridgehead atoms. The third-order valence-electron chi connectivity index (χ3n) is 1.84. The van der Waals surface area contributed by atoms with Crippen molar-refractivity contribution in [3.05, 3.63) is 27.5 Å². The van der Waals surface area contributed by atoms with Gasteiger partial charge in [-0.3, -0.25) is 4.79 Å². The first-order valence-electron chi connectivity index (χ1n) is 4.47. The van der Waals surface area contributed by atoms with Gasteiger partial charge in [-0.2, -0.15) is 0 Å². The van der Waals surface area contributed by atoms with E-state index >= 15 is 0 Å². The second-order valence-electron chi connectivity index (χ2n) is 3.72. The highest BCUT2D eigenvalue weighted by Gasteiger charge is 2.20. The van der Waals surface area contributed by atoms with Gasteiger partial charge < -0.3 is 5.32 Å². The van der Waals surface area contributed by atoms with Gasteiger partial charge in [-0.25, -0.2) is 4.98 Å². The van der Waals surface area contributed by atoms with Crippen molar-refractivity contribution in [3.8, 4) is 12.3 Å². The highest BCUT2D eigenvalue weighted by Crippen LogP contribution is 2.18. The van der Waals surface area contributed by atoms with Gasteiger partial charge in [-0.1, -0.05) is 17.5 Å². The number of hydrogen-bond acceptors (Lipinski definition) is 2. The lowest BCUT2D eigenvalue weighted by Gasteiger charge is -2.19. The molecule has 0 saturated heterocycles. The highest BCUT2D eigenvalue weighted by atomic mass is 79.9. The summed E-state index contributed by atoms with van der Waals surface area (Å²) in [6.07, 6.45) is 6.80. The van der Waals surface area contributed by atoms with Gasteiger partial charge >= 0.3 is 0 Å². The zero-order valence-electron chi connectivity index (χ0n) is 8.84. The summed E-state index contributed by atoms with van der Waals surface area (Å²) in [4.78, 5) is 15.7. The smallest absolute Gasteiger partial charge is 0.255 e. The summed E-state index contributed by atoms with van der Waals surface area (Å²) in [6.45, 7) is 3.45. The summed E-state index contributed by atoms with van der Waals surface area (Å²) >= 11 is 9.04. The van der Waals surface area contributed by atoms with Crippen LogP contribution in [0, 0.1) is 12.3 Å². The Balaban J connectivity index is 2.98. The van der Waals surface area contributed by atoms with E-state index in [1.165, 1.54) is 6.20 Å². The standard InChI is InChI=1S/C11H10BrClN2O/c1-4-11(2,3)15-10(16)8-5-7(12)6-14-9(8)13/h1,5-6H,2-3H3,(H,15,16). The molecule has 0 aliphatic carbocycles. The van der Waals surface area contributed by atoms with E-state index in [-0.39, 0.29) is 11.1 Å². The Hall–Kier alpha value is -1.05. The van der Waals surface area contributed by atoms with Crippen molar-refractivity contribution in [2.75, 3.05) is 0 Å². The minimum absolute atomic E-state index is 0.147. The Morgan fingerprint density at radius 2 is 2.31 bits per heavy atom. The van der Waals surface area contributed by atoms with Crippen molar-refractivity contribution in [1.29, 1.82) is 0 Å². The number of aromatic nitrogens is 1. The molecule has 0 saturated carbocycles. The van der Waals surface area contributed by atoms with Crippen LogP contribution in [-0.4, -0.2) is 16.4 Å². The lowest BCUT2D eigenvalue weighted by Crippen LogP contribution is -2.42. The Labute approximate surface area is 108 Å². The number of amides is 1. The van der Waals surface area contributed by atoms with Crippen LogP contribution >= 0.6 is 27.5 Å². The Morgan fingerprint density at radius 1 is 1.69 bits per heavy atom. The molecule has 1 N–H and O–H groups in total. The third kappa shape index (κ3) is 3.22. The fourth-order valence-corrected chi connectivity index (χ4v) is 1.49. The minimum Gasteiger partial charge on any atom is -0.336 e. The molecule has 0 aliphatic rings. The first-order chi connectivity index (χ1) is 7.35. The monoisotopic (exact) mass is 300 g/mol. The Bertz CT molecular complexity index is 466. The fourth-order valence-electron chi connectivity index (χ4n) is 0.969. The van der Waals surface area contributed by atoms with Crippen molar-refractivity contribution < 1.29 is 4.79 Å². The molecule has 3 nitrogen and oxygen atoms in total. The van der Waals surface area contributed by atoms with Crippen LogP contribution in [0.1, 0.15) is 24.2 Å². The molecule has 0 aromatic carbocycles. The van der Waals surface area contributed by atoms with Crippen molar-refractivity contribution >= 4 is 33.4 Å². The van der Waals surface area contributed by atoms with E-state index in [2.05, 4.69) is 32.2 Å². The van der Waals surface area contributed by atoms with E-state index in [0.717, 1.165) is 0 Å². The Kier molecular flexibility index (Phi) is 3.95. The van der Waals surface area contributed by atoms with Crippen LogP contribution in [0.5, 0.6) is 0 Å². The summed E-state index contributed by atoms with van der Waals surface area (Å²) in [5.41, 5.74) is -0.428. The number of rotatable bonds is 2. The number of pyridine rings is 1. The van der Waals surface area contributed by atoms with Crippen molar-refractivity contribution in [2.24, 2.45) is 0 Å². The first-order valence-corrected chi connectivity index (χ1v) is 5.64. The van der Waals surface area contributed by atoms with E-state index in [4.69, 9.17) is 18.0 Å². The van der Waals surface area contributed by atoms with Gasteiger partial charge in [0.05, 0.1) is 11.1 Å². The van der Waals surface area contributed by atoms with Crippen molar-refractivity contribution in [1.82, 2.24) is 10.3 Å². The molecular formula is C11H10BrClN2O. The third-order valence-corrected chi connectivity index (χ3v) is 2.57. The molecule has 0 atom stereocenters. The summed E-state index contributed by atoms with van der Waals surface area (Å²) < 4.78 is 0.681. The van der Waals surface area contributed by atoms with Crippen LogP contribution in [-0.2, 0) is 0 Å². The first kappa shape index (κ1) is 13.0. The Morgan fingerprint density at radius 3 is 2.88 bits per heavy atom. The van der Waals surface area contributed by atoms with Crippen molar-refractivity contribution in [3.63, 3.8) is 0 Å². The van der Waals surface area contributed by atoms with E-state index in [0.29, 0.717) is 10.0 Å². The average molecular weight is 302 g/mol. The van der Waals surface area contributed by atoms with Gasteiger partial charge in [0, 0.05) is 10.7 Å². The number of hydrogen-bond donors (Lipinski definition) is 1. The molecule has 0 unspecified atom stereocenters. The van der Waals surface area contributed by atoms with Gasteiger partial charge in [0.2, 0.25) is 0 Å². The summed E-state index contributed by atoms with van der Waals surface area (Å²) in [5.74, 6) is 2.12. The molecule has 1 heterocycles. The topological polar surface area (TPSA) is 42.0 Å². The molecule has 0 aliphatic heterocycles. The molecule has 84 valence electrons. The number of carbonyl (C=O) groups excluding carboxylic acids is 1. The predicted molar refractivity (Wildman–Crippen MR) is 67.3 cm³/mol. The van der Waals surface area contributed by atoms with Gasteiger partial charge in [-0.05, 0) is 35.8 Å². The summed E-state index contributed by atoms with van der Waals surface area (Å²) in [7, 11) is 0. The SMILES string of the molecule is C#CC(C)(C)NC(=O)c1cc(Br)cnc1Cl. The van der Waals surface area contributed by atoms with Crippen LogP contribution in [0.4, 0.5) is 0 Å². The fraction of sp³-hybridized carbons (Fsp3) is 0.273. The molecule has 1 rings (SSSR count). The van der Waals surface area contributed by atoms with Crippen LogP contribution in [0.2, 0.25) is 5.15 Å². The quantitative estimate of drug-likeness (QED) is 0.674.